The van der Waals surface area contributed by atoms with Crippen molar-refractivity contribution in [2.75, 3.05) is 4.90 Å². The average Bonchev–Trinajstić information content (AvgIpc) is 2.38. The molecule has 0 bridgehead atoms. The van der Waals surface area contributed by atoms with E-state index in [1.54, 1.807) is 17.0 Å². The van der Waals surface area contributed by atoms with Gasteiger partial charge in [-0.15, -0.1) is 0 Å². The first-order valence-electron chi connectivity index (χ1n) is 5.67. The monoisotopic (exact) mass is 242 g/mol. The number of pyridine rings is 1. The maximum atomic E-state index is 11.7. The van der Waals surface area contributed by atoms with Gasteiger partial charge in [-0.05, 0) is 5.56 Å². The van der Waals surface area contributed by atoms with E-state index in [0.717, 1.165) is 11.3 Å². The third-order valence-electron chi connectivity index (χ3n) is 2.66. The van der Waals surface area contributed by atoms with Crippen molar-refractivity contribution >= 4 is 11.6 Å². The van der Waals surface area contributed by atoms with Crippen LogP contribution in [-0.4, -0.2) is 5.91 Å². The fourth-order valence-corrected chi connectivity index (χ4v) is 1.74. The van der Waals surface area contributed by atoms with E-state index in [0.29, 0.717) is 11.3 Å². The Balaban J connectivity index is 2.24. The van der Waals surface area contributed by atoms with Crippen molar-refractivity contribution in [3.8, 4) is 0 Å². The summed E-state index contributed by atoms with van der Waals surface area (Å²) in [5.74, 6) is -0.0532. The van der Waals surface area contributed by atoms with Gasteiger partial charge < -0.3 is 10.1 Å². The van der Waals surface area contributed by atoms with Crippen molar-refractivity contribution in [2.45, 2.75) is 13.5 Å². The largest absolute Gasteiger partial charge is 0.619 e. The Bertz CT molecular complexity index is 523. The molecule has 1 heterocycles. The molecule has 18 heavy (non-hydrogen) atoms. The summed E-state index contributed by atoms with van der Waals surface area (Å²) in [6.07, 6.45) is 2.77. The number of nitrogens with zero attached hydrogens (tertiary/aromatic N) is 2. The second kappa shape index (κ2) is 5.31. The van der Waals surface area contributed by atoms with Gasteiger partial charge in [0, 0.05) is 19.1 Å². The molecule has 0 fully saturated rings. The fraction of sp³-hybridized carbons (Fsp3) is 0.143. The third kappa shape index (κ3) is 2.85. The smallest absolute Gasteiger partial charge is 0.224 e. The predicted molar refractivity (Wildman–Crippen MR) is 68.7 cm³/mol. The first-order valence-corrected chi connectivity index (χ1v) is 5.67. The van der Waals surface area contributed by atoms with Crippen LogP contribution in [0.5, 0.6) is 0 Å². The van der Waals surface area contributed by atoms with E-state index in [-0.39, 0.29) is 5.91 Å². The summed E-state index contributed by atoms with van der Waals surface area (Å²) in [5.41, 5.74) is 1.77. The zero-order valence-electron chi connectivity index (χ0n) is 10.1. The van der Waals surface area contributed by atoms with Gasteiger partial charge in [0.05, 0.1) is 12.2 Å². The van der Waals surface area contributed by atoms with Crippen LogP contribution in [0, 0.1) is 5.21 Å². The number of hydrogen-bond donors (Lipinski definition) is 0. The van der Waals surface area contributed by atoms with Crippen LogP contribution in [0.25, 0.3) is 0 Å². The van der Waals surface area contributed by atoms with Crippen molar-refractivity contribution in [3.63, 3.8) is 0 Å². The minimum absolute atomic E-state index is 0.0532. The van der Waals surface area contributed by atoms with Gasteiger partial charge in [0.1, 0.15) is 0 Å². The molecule has 0 unspecified atom stereocenters. The molecule has 0 N–H and O–H groups in total. The van der Waals surface area contributed by atoms with Gasteiger partial charge in [-0.1, -0.05) is 30.3 Å². The van der Waals surface area contributed by atoms with Gasteiger partial charge in [0.2, 0.25) is 5.91 Å². The van der Waals surface area contributed by atoms with Gasteiger partial charge >= 0.3 is 0 Å². The lowest BCUT2D eigenvalue weighted by atomic mass is 10.2. The summed E-state index contributed by atoms with van der Waals surface area (Å²) in [4.78, 5) is 13.3. The van der Waals surface area contributed by atoms with Crippen LogP contribution >= 0.6 is 0 Å². The summed E-state index contributed by atoms with van der Waals surface area (Å²) >= 11 is 0. The molecule has 0 aliphatic carbocycles. The lowest BCUT2D eigenvalue weighted by Crippen LogP contribution is -2.30. The van der Waals surface area contributed by atoms with E-state index in [1.807, 2.05) is 30.3 Å². The SMILES string of the molecule is CC(=O)N(Cc1ccccc1)c1cc[n+]([O-])cc1. The Hall–Kier alpha value is -2.36. The number of benzene rings is 1. The number of carbonyl (C=O) groups is 1. The Morgan fingerprint density at radius 1 is 1.17 bits per heavy atom. The number of carbonyl (C=O) groups excluding carboxylic acids is 1. The fourth-order valence-electron chi connectivity index (χ4n) is 1.74. The standard InChI is InChI=1S/C14H14N2O2/c1-12(17)16(11-13-5-3-2-4-6-13)14-7-9-15(18)10-8-14/h2-10H,11H2,1H3. The number of anilines is 1. The summed E-state index contributed by atoms with van der Waals surface area (Å²) in [6.45, 7) is 2.01. The van der Waals surface area contributed by atoms with E-state index in [9.17, 15) is 10.0 Å². The molecule has 0 aliphatic heterocycles. The highest BCUT2D eigenvalue weighted by Crippen LogP contribution is 2.15. The van der Waals surface area contributed by atoms with E-state index < -0.39 is 0 Å². The Kier molecular flexibility index (Phi) is 3.57. The van der Waals surface area contributed by atoms with E-state index >= 15 is 0 Å². The number of amides is 1. The van der Waals surface area contributed by atoms with E-state index in [1.165, 1.54) is 19.3 Å². The minimum Gasteiger partial charge on any atom is -0.619 e. The second-order valence-corrected chi connectivity index (χ2v) is 4.01. The summed E-state index contributed by atoms with van der Waals surface area (Å²) in [7, 11) is 0. The molecule has 2 rings (SSSR count). The minimum atomic E-state index is -0.0532. The molecule has 0 saturated carbocycles. The van der Waals surface area contributed by atoms with Crippen molar-refractivity contribution in [3.05, 3.63) is 65.6 Å². The summed E-state index contributed by atoms with van der Waals surface area (Å²) < 4.78 is 0.699. The molecular weight excluding hydrogens is 228 g/mol. The lowest BCUT2D eigenvalue weighted by Gasteiger charge is -2.20. The molecule has 4 nitrogen and oxygen atoms in total. The van der Waals surface area contributed by atoms with Crippen LogP contribution < -0.4 is 9.63 Å². The topological polar surface area (TPSA) is 47.2 Å². The predicted octanol–water partition coefficient (Wildman–Crippen LogP) is 1.87. The second-order valence-electron chi connectivity index (χ2n) is 4.01. The van der Waals surface area contributed by atoms with E-state index in [2.05, 4.69) is 0 Å². The Labute approximate surface area is 106 Å². The number of aromatic nitrogens is 1. The molecule has 2 aromatic rings. The van der Waals surface area contributed by atoms with E-state index in [4.69, 9.17) is 0 Å². The molecule has 1 amide bonds. The van der Waals surface area contributed by atoms with Crippen molar-refractivity contribution in [2.24, 2.45) is 0 Å². The van der Waals surface area contributed by atoms with Crippen molar-refractivity contribution < 1.29 is 9.52 Å². The molecule has 92 valence electrons. The molecule has 0 atom stereocenters. The highest BCUT2D eigenvalue weighted by atomic mass is 16.5. The van der Waals surface area contributed by atoms with Gasteiger partial charge in [0.25, 0.3) is 0 Å². The zero-order valence-corrected chi connectivity index (χ0v) is 10.1. The Morgan fingerprint density at radius 2 is 1.78 bits per heavy atom. The van der Waals surface area contributed by atoms with Crippen LogP contribution in [0.4, 0.5) is 5.69 Å². The molecule has 4 heteroatoms. The van der Waals surface area contributed by atoms with Gasteiger partial charge in [0.15, 0.2) is 12.4 Å². The highest BCUT2D eigenvalue weighted by molar-refractivity contribution is 5.91. The zero-order chi connectivity index (χ0) is 13.0. The van der Waals surface area contributed by atoms with Crippen LogP contribution in [0.15, 0.2) is 54.9 Å². The van der Waals surface area contributed by atoms with Gasteiger partial charge in [-0.25, -0.2) is 0 Å². The van der Waals surface area contributed by atoms with Crippen LogP contribution in [0.3, 0.4) is 0 Å². The molecule has 1 aromatic heterocycles. The van der Waals surface area contributed by atoms with Gasteiger partial charge in [-0.3, -0.25) is 4.79 Å². The first kappa shape index (κ1) is 12.1. The number of rotatable bonds is 3. The molecule has 0 aliphatic rings. The number of hydrogen-bond acceptors (Lipinski definition) is 2. The maximum Gasteiger partial charge on any atom is 0.224 e. The quantitative estimate of drug-likeness (QED) is 0.609. The van der Waals surface area contributed by atoms with Crippen molar-refractivity contribution in [1.82, 2.24) is 0 Å². The molecule has 0 radical (unpaired) electrons. The lowest BCUT2D eigenvalue weighted by molar-refractivity contribution is -0.605. The average molecular weight is 242 g/mol. The molecule has 0 saturated heterocycles. The summed E-state index contributed by atoms with van der Waals surface area (Å²) in [6, 6.07) is 13.0. The molecular formula is C14H14N2O2. The van der Waals surface area contributed by atoms with Crippen LogP contribution in [0.1, 0.15) is 12.5 Å². The summed E-state index contributed by atoms with van der Waals surface area (Å²) in [5, 5.41) is 11.0. The normalized spacial score (nSPS) is 10.1. The van der Waals surface area contributed by atoms with Gasteiger partial charge in [-0.2, -0.15) is 4.73 Å². The first-order chi connectivity index (χ1) is 8.66. The third-order valence-corrected chi connectivity index (χ3v) is 2.66. The van der Waals surface area contributed by atoms with Crippen LogP contribution in [0.2, 0.25) is 0 Å². The molecule has 0 spiro atoms. The Morgan fingerprint density at radius 3 is 2.33 bits per heavy atom. The molecule has 1 aromatic carbocycles. The maximum absolute atomic E-state index is 11.7. The van der Waals surface area contributed by atoms with Crippen molar-refractivity contribution in [1.29, 1.82) is 0 Å². The van der Waals surface area contributed by atoms with Crippen LogP contribution in [-0.2, 0) is 11.3 Å². The highest BCUT2D eigenvalue weighted by Gasteiger charge is 2.12.